The molecule has 0 unspecified atom stereocenters. The second-order valence-electron chi connectivity index (χ2n) is 1.55. The first kappa shape index (κ1) is 9.21. The third kappa shape index (κ3) is 3.28. The summed E-state index contributed by atoms with van der Waals surface area (Å²) >= 11 is 0. The van der Waals surface area contributed by atoms with Crippen LogP contribution in [0.15, 0.2) is 24.3 Å². The molecule has 0 amide bonds. The van der Waals surface area contributed by atoms with Gasteiger partial charge in [-0.1, -0.05) is 31.4 Å². The molecule has 0 aliphatic heterocycles. The summed E-state index contributed by atoms with van der Waals surface area (Å²) in [5.74, 6) is -0.251. The normalized spacial score (nSPS) is 7.90. The second kappa shape index (κ2) is 5.04. The van der Waals surface area contributed by atoms with Gasteiger partial charge in [-0.3, -0.25) is 0 Å². The molecule has 1 aromatic rings. The van der Waals surface area contributed by atoms with Crippen molar-refractivity contribution in [3.8, 4) is 0 Å². The molecule has 0 spiro atoms. The van der Waals surface area contributed by atoms with Gasteiger partial charge in [-0.05, 0) is 12.1 Å². The Morgan fingerprint density at radius 3 is 1.80 bits per heavy atom. The lowest BCUT2D eigenvalue weighted by atomic mass is 9.97. The summed E-state index contributed by atoms with van der Waals surface area (Å²) in [6, 6.07) is 5.70. The van der Waals surface area contributed by atoms with E-state index >= 15 is 0 Å². The minimum absolute atomic E-state index is 0.251. The molecule has 2 heteroatoms. The highest BCUT2D eigenvalue weighted by molar-refractivity contribution is 6.32. The van der Waals surface area contributed by atoms with E-state index in [1.54, 1.807) is 0 Å². The van der Waals surface area contributed by atoms with Crippen molar-refractivity contribution in [2.45, 2.75) is 13.8 Å². The van der Waals surface area contributed by atoms with E-state index in [2.05, 4.69) is 0 Å². The lowest BCUT2D eigenvalue weighted by Crippen LogP contribution is -1.98. The van der Waals surface area contributed by atoms with Gasteiger partial charge in [0.1, 0.15) is 13.7 Å². The van der Waals surface area contributed by atoms with Crippen LogP contribution in [0.2, 0.25) is 0 Å². The fourth-order valence-corrected chi connectivity index (χ4v) is 0.463. The van der Waals surface area contributed by atoms with Gasteiger partial charge in [0.25, 0.3) is 0 Å². The van der Waals surface area contributed by atoms with Crippen LogP contribution >= 0.6 is 0 Å². The molecule has 0 nitrogen and oxygen atoms in total. The molecule has 0 N–H and O–H groups in total. The highest BCUT2D eigenvalue weighted by atomic mass is 19.1. The first-order chi connectivity index (χ1) is 4.79. The van der Waals surface area contributed by atoms with E-state index in [9.17, 15) is 4.39 Å². The van der Waals surface area contributed by atoms with E-state index in [0.29, 0.717) is 5.46 Å². The first-order valence-electron chi connectivity index (χ1n) is 3.30. The van der Waals surface area contributed by atoms with Gasteiger partial charge in [0.2, 0.25) is 0 Å². The Morgan fingerprint density at radius 1 is 1.10 bits per heavy atom. The maximum atomic E-state index is 12.0. The van der Waals surface area contributed by atoms with Crippen molar-refractivity contribution in [1.29, 1.82) is 0 Å². The fraction of sp³-hybridized carbons (Fsp3) is 0.250. The molecule has 1 aromatic carbocycles. The van der Waals surface area contributed by atoms with E-state index < -0.39 is 0 Å². The smallest absolute Gasteiger partial charge is 0.123 e. The lowest BCUT2D eigenvalue weighted by molar-refractivity contribution is 0.628. The van der Waals surface area contributed by atoms with Gasteiger partial charge >= 0.3 is 0 Å². The van der Waals surface area contributed by atoms with Crippen LogP contribution in [0.25, 0.3) is 0 Å². The Hall–Kier alpha value is -0.785. The van der Waals surface area contributed by atoms with Crippen LogP contribution in [0.5, 0.6) is 0 Å². The van der Waals surface area contributed by atoms with Crippen molar-refractivity contribution in [3.63, 3.8) is 0 Å². The minimum Gasteiger partial charge on any atom is -0.207 e. The fourth-order valence-electron chi connectivity index (χ4n) is 0.463. The molecule has 0 heterocycles. The summed E-state index contributed by atoms with van der Waals surface area (Å²) < 4.78 is 12.0. The Bertz CT molecular complexity index is 148. The standard InChI is InChI=1S/C6H4BF.C2H6/c7-5-1-3-6(8)4-2-5;1-2/h1-4H;1-2H3. The van der Waals surface area contributed by atoms with E-state index in [4.69, 9.17) is 7.85 Å². The van der Waals surface area contributed by atoms with Gasteiger partial charge in [0, 0.05) is 0 Å². The Morgan fingerprint density at radius 2 is 1.50 bits per heavy atom. The molecule has 1 rings (SSSR count). The van der Waals surface area contributed by atoms with Crippen molar-refractivity contribution in [2.24, 2.45) is 0 Å². The summed E-state index contributed by atoms with van der Waals surface area (Å²) in [6.45, 7) is 4.00. The Balaban J connectivity index is 0.000000371. The van der Waals surface area contributed by atoms with E-state index in [0.717, 1.165) is 0 Å². The minimum atomic E-state index is -0.251. The van der Waals surface area contributed by atoms with Gasteiger partial charge in [-0.25, -0.2) is 4.39 Å². The van der Waals surface area contributed by atoms with E-state index in [1.165, 1.54) is 24.3 Å². The van der Waals surface area contributed by atoms with Crippen molar-refractivity contribution >= 4 is 13.3 Å². The number of rotatable bonds is 0. The molecule has 2 radical (unpaired) electrons. The predicted octanol–water partition coefficient (Wildman–Crippen LogP) is 1.65. The average Bonchev–Trinajstić information content (AvgIpc) is 2.00. The van der Waals surface area contributed by atoms with Gasteiger partial charge in [-0.15, -0.1) is 0 Å². The molecule has 0 saturated heterocycles. The van der Waals surface area contributed by atoms with Gasteiger partial charge in [0.05, 0.1) is 0 Å². The third-order valence-electron chi connectivity index (χ3n) is 0.870. The monoisotopic (exact) mass is 136 g/mol. The van der Waals surface area contributed by atoms with Crippen LogP contribution < -0.4 is 5.46 Å². The summed E-state index contributed by atoms with van der Waals surface area (Å²) in [4.78, 5) is 0. The van der Waals surface area contributed by atoms with Crippen LogP contribution in [0, 0.1) is 5.82 Å². The zero-order chi connectivity index (χ0) is 7.98. The van der Waals surface area contributed by atoms with E-state index in [1.807, 2.05) is 13.8 Å². The molecule has 0 saturated carbocycles. The largest absolute Gasteiger partial charge is 0.207 e. The third-order valence-corrected chi connectivity index (χ3v) is 0.870. The van der Waals surface area contributed by atoms with Gasteiger partial charge in [0.15, 0.2) is 0 Å². The van der Waals surface area contributed by atoms with Crippen LogP contribution in [-0.2, 0) is 0 Å². The topological polar surface area (TPSA) is 0 Å². The number of hydrogen-bond donors (Lipinski definition) is 0. The highest BCUT2D eigenvalue weighted by Gasteiger charge is 1.83. The van der Waals surface area contributed by atoms with Crippen LogP contribution in [0.3, 0.4) is 0 Å². The van der Waals surface area contributed by atoms with Crippen molar-refractivity contribution < 1.29 is 4.39 Å². The molecule has 0 aromatic heterocycles. The molecule has 0 aliphatic carbocycles. The van der Waals surface area contributed by atoms with Crippen LogP contribution in [0.1, 0.15) is 13.8 Å². The second-order valence-corrected chi connectivity index (χ2v) is 1.55. The van der Waals surface area contributed by atoms with E-state index in [-0.39, 0.29) is 5.82 Å². The van der Waals surface area contributed by atoms with Gasteiger partial charge in [-0.2, -0.15) is 0 Å². The van der Waals surface area contributed by atoms with Crippen molar-refractivity contribution in [2.75, 3.05) is 0 Å². The summed E-state index contributed by atoms with van der Waals surface area (Å²) in [7, 11) is 5.26. The predicted molar refractivity (Wildman–Crippen MR) is 43.1 cm³/mol. The SMILES string of the molecule is CC.[B]c1ccc(F)cc1. The molecule has 0 bridgehead atoms. The molecule has 0 aliphatic rings. The molecule has 0 fully saturated rings. The molecular weight excluding hydrogens is 126 g/mol. The molecule has 0 atom stereocenters. The molecule has 10 heavy (non-hydrogen) atoms. The Kier molecular flexibility index (Phi) is 4.64. The average molecular weight is 136 g/mol. The zero-order valence-corrected chi connectivity index (χ0v) is 6.26. The van der Waals surface area contributed by atoms with Crippen LogP contribution in [0.4, 0.5) is 4.39 Å². The lowest BCUT2D eigenvalue weighted by Gasteiger charge is -1.87. The summed E-state index contributed by atoms with van der Waals surface area (Å²) in [5, 5.41) is 0. The van der Waals surface area contributed by atoms with Crippen molar-refractivity contribution in [3.05, 3.63) is 30.1 Å². The summed E-state index contributed by atoms with van der Waals surface area (Å²) in [6.07, 6.45) is 0. The number of halogens is 1. The Labute approximate surface area is 62.5 Å². The summed E-state index contributed by atoms with van der Waals surface area (Å²) in [5.41, 5.74) is 0.589. The quantitative estimate of drug-likeness (QED) is 0.475. The number of hydrogen-bond acceptors (Lipinski definition) is 0. The van der Waals surface area contributed by atoms with Crippen LogP contribution in [-0.4, -0.2) is 7.85 Å². The first-order valence-corrected chi connectivity index (χ1v) is 3.30. The van der Waals surface area contributed by atoms with Crippen molar-refractivity contribution in [1.82, 2.24) is 0 Å². The maximum Gasteiger partial charge on any atom is 0.123 e. The zero-order valence-electron chi connectivity index (χ0n) is 6.26. The molecular formula is C8H10BF. The van der Waals surface area contributed by atoms with Gasteiger partial charge < -0.3 is 0 Å². The molecule has 52 valence electrons. The highest BCUT2D eigenvalue weighted by Crippen LogP contribution is 1.89. The maximum absolute atomic E-state index is 12.0. The number of benzene rings is 1.